The van der Waals surface area contributed by atoms with E-state index in [9.17, 15) is 4.79 Å². The SMILES string of the molecule is COc1ccc(CCC(=O)NCc2ccc(OC(C)C)cc2)cc1. The van der Waals surface area contributed by atoms with Crippen molar-refractivity contribution in [3.63, 3.8) is 0 Å². The molecule has 2 rings (SSSR count). The largest absolute Gasteiger partial charge is 0.497 e. The van der Waals surface area contributed by atoms with Crippen LogP contribution in [-0.2, 0) is 17.8 Å². The molecule has 1 amide bonds. The molecule has 24 heavy (non-hydrogen) atoms. The van der Waals surface area contributed by atoms with Gasteiger partial charge in [0.1, 0.15) is 11.5 Å². The van der Waals surface area contributed by atoms with Crippen molar-refractivity contribution in [3.05, 3.63) is 59.7 Å². The van der Waals surface area contributed by atoms with E-state index in [2.05, 4.69) is 5.32 Å². The highest BCUT2D eigenvalue weighted by atomic mass is 16.5. The molecule has 2 aromatic rings. The zero-order valence-electron chi connectivity index (χ0n) is 14.5. The van der Waals surface area contributed by atoms with Gasteiger partial charge in [0.25, 0.3) is 0 Å². The molecule has 1 N–H and O–H groups in total. The van der Waals surface area contributed by atoms with E-state index in [-0.39, 0.29) is 12.0 Å². The fourth-order valence-electron chi connectivity index (χ4n) is 2.30. The van der Waals surface area contributed by atoms with Gasteiger partial charge < -0.3 is 14.8 Å². The fraction of sp³-hybridized carbons (Fsp3) is 0.350. The van der Waals surface area contributed by atoms with Crippen LogP contribution >= 0.6 is 0 Å². The third-order valence-electron chi connectivity index (χ3n) is 3.58. The lowest BCUT2D eigenvalue weighted by Gasteiger charge is -2.10. The third-order valence-corrected chi connectivity index (χ3v) is 3.58. The number of carbonyl (C=O) groups is 1. The summed E-state index contributed by atoms with van der Waals surface area (Å²) in [7, 11) is 1.64. The molecule has 0 saturated heterocycles. The Labute approximate surface area is 143 Å². The van der Waals surface area contributed by atoms with Crippen LogP contribution in [-0.4, -0.2) is 19.1 Å². The highest BCUT2D eigenvalue weighted by molar-refractivity contribution is 5.76. The summed E-state index contributed by atoms with van der Waals surface area (Å²) in [4.78, 5) is 12.0. The number of methoxy groups -OCH3 is 1. The van der Waals surface area contributed by atoms with Crippen LogP contribution in [0.3, 0.4) is 0 Å². The van der Waals surface area contributed by atoms with Crippen molar-refractivity contribution < 1.29 is 14.3 Å². The number of hydrogen-bond acceptors (Lipinski definition) is 3. The number of aryl methyl sites for hydroxylation is 1. The van der Waals surface area contributed by atoms with E-state index in [0.29, 0.717) is 13.0 Å². The molecule has 0 radical (unpaired) electrons. The summed E-state index contributed by atoms with van der Waals surface area (Å²) < 4.78 is 10.7. The minimum Gasteiger partial charge on any atom is -0.497 e. The predicted octanol–water partition coefficient (Wildman–Crippen LogP) is 3.73. The van der Waals surface area contributed by atoms with Gasteiger partial charge in [0.2, 0.25) is 5.91 Å². The van der Waals surface area contributed by atoms with E-state index in [0.717, 1.165) is 29.0 Å². The molecule has 0 saturated carbocycles. The second kappa shape index (κ2) is 8.96. The Morgan fingerprint density at radius 3 is 2.12 bits per heavy atom. The lowest BCUT2D eigenvalue weighted by atomic mass is 10.1. The first-order chi connectivity index (χ1) is 11.6. The van der Waals surface area contributed by atoms with Gasteiger partial charge in [-0.15, -0.1) is 0 Å². The first-order valence-corrected chi connectivity index (χ1v) is 8.22. The zero-order chi connectivity index (χ0) is 17.4. The van der Waals surface area contributed by atoms with Crippen molar-refractivity contribution in [2.75, 3.05) is 7.11 Å². The number of rotatable bonds is 8. The van der Waals surface area contributed by atoms with Crippen molar-refractivity contribution in [1.29, 1.82) is 0 Å². The quantitative estimate of drug-likeness (QED) is 0.803. The summed E-state index contributed by atoms with van der Waals surface area (Å²) in [5.41, 5.74) is 2.19. The summed E-state index contributed by atoms with van der Waals surface area (Å²) in [5.74, 6) is 1.72. The van der Waals surface area contributed by atoms with E-state index < -0.39 is 0 Å². The van der Waals surface area contributed by atoms with Gasteiger partial charge in [0.05, 0.1) is 13.2 Å². The number of carbonyl (C=O) groups excluding carboxylic acids is 1. The van der Waals surface area contributed by atoms with Gasteiger partial charge in [-0.2, -0.15) is 0 Å². The van der Waals surface area contributed by atoms with Crippen LogP contribution in [0.1, 0.15) is 31.4 Å². The maximum atomic E-state index is 12.0. The van der Waals surface area contributed by atoms with Gasteiger partial charge in [-0.1, -0.05) is 24.3 Å². The summed E-state index contributed by atoms with van der Waals surface area (Å²) in [6.45, 7) is 4.53. The Bertz CT molecular complexity index is 633. The minimum atomic E-state index is 0.0494. The number of amides is 1. The van der Waals surface area contributed by atoms with Crippen LogP contribution in [0.4, 0.5) is 0 Å². The Morgan fingerprint density at radius 2 is 1.54 bits per heavy atom. The van der Waals surface area contributed by atoms with Gasteiger partial charge in [-0.05, 0) is 55.7 Å². The van der Waals surface area contributed by atoms with Gasteiger partial charge in [-0.3, -0.25) is 4.79 Å². The summed E-state index contributed by atoms with van der Waals surface area (Å²) in [6.07, 6.45) is 1.35. The molecule has 0 bridgehead atoms. The van der Waals surface area contributed by atoms with Gasteiger partial charge in [-0.25, -0.2) is 0 Å². The van der Waals surface area contributed by atoms with Crippen molar-refractivity contribution in [2.45, 2.75) is 39.3 Å². The summed E-state index contributed by atoms with van der Waals surface area (Å²) in [5, 5.41) is 2.95. The Kier molecular flexibility index (Phi) is 6.67. The molecule has 2 aromatic carbocycles. The van der Waals surface area contributed by atoms with Gasteiger partial charge in [0, 0.05) is 13.0 Å². The number of nitrogens with one attached hydrogen (secondary N) is 1. The van der Waals surface area contributed by atoms with Crippen LogP contribution in [0.5, 0.6) is 11.5 Å². The average Bonchev–Trinajstić information content (AvgIpc) is 2.59. The topological polar surface area (TPSA) is 47.6 Å². The highest BCUT2D eigenvalue weighted by Gasteiger charge is 2.04. The first-order valence-electron chi connectivity index (χ1n) is 8.22. The van der Waals surface area contributed by atoms with Crippen LogP contribution in [0.15, 0.2) is 48.5 Å². The van der Waals surface area contributed by atoms with Crippen LogP contribution in [0.25, 0.3) is 0 Å². The third kappa shape index (κ3) is 5.95. The maximum absolute atomic E-state index is 12.0. The Hall–Kier alpha value is -2.49. The number of benzene rings is 2. The van der Waals surface area contributed by atoms with E-state index in [1.807, 2.05) is 62.4 Å². The molecular formula is C20H25NO3. The molecule has 0 aromatic heterocycles. The average molecular weight is 327 g/mol. The lowest BCUT2D eigenvalue weighted by Crippen LogP contribution is -2.22. The highest BCUT2D eigenvalue weighted by Crippen LogP contribution is 2.14. The van der Waals surface area contributed by atoms with E-state index in [1.165, 1.54) is 0 Å². The number of ether oxygens (including phenoxy) is 2. The molecule has 4 heteroatoms. The second-order valence-corrected chi connectivity index (χ2v) is 5.94. The standard InChI is InChI=1S/C20H25NO3/c1-15(2)24-19-11-6-17(7-12-19)14-21-20(22)13-8-16-4-9-18(23-3)10-5-16/h4-7,9-12,15H,8,13-14H2,1-3H3,(H,21,22). The molecule has 0 atom stereocenters. The summed E-state index contributed by atoms with van der Waals surface area (Å²) in [6, 6.07) is 15.6. The minimum absolute atomic E-state index is 0.0494. The molecule has 0 fully saturated rings. The number of hydrogen-bond donors (Lipinski definition) is 1. The molecule has 128 valence electrons. The van der Waals surface area contributed by atoms with Crippen molar-refractivity contribution in [2.24, 2.45) is 0 Å². The summed E-state index contributed by atoms with van der Waals surface area (Å²) >= 11 is 0. The fourth-order valence-corrected chi connectivity index (χ4v) is 2.30. The molecular weight excluding hydrogens is 302 g/mol. The molecule has 0 aliphatic rings. The Morgan fingerprint density at radius 1 is 0.958 bits per heavy atom. The molecule has 4 nitrogen and oxygen atoms in total. The first kappa shape index (κ1) is 17.9. The molecule has 0 spiro atoms. The van der Waals surface area contributed by atoms with Crippen LogP contribution < -0.4 is 14.8 Å². The molecule has 0 aliphatic carbocycles. The van der Waals surface area contributed by atoms with Gasteiger partial charge in [0.15, 0.2) is 0 Å². The van der Waals surface area contributed by atoms with Crippen molar-refractivity contribution in [3.8, 4) is 11.5 Å². The smallest absolute Gasteiger partial charge is 0.220 e. The molecule has 0 heterocycles. The molecule has 0 aliphatic heterocycles. The Balaban J connectivity index is 1.74. The lowest BCUT2D eigenvalue weighted by molar-refractivity contribution is -0.121. The van der Waals surface area contributed by atoms with E-state index in [1.54, 1.807) is 7.11 Å². The van der Waals surface area contributed by atoms with Crippen molar-refractivity contribution >= 4 is 5.91 Å². The normalized spacial score (nSPS) is 10.5. The van der Waals surface area contributed by atoms with E-state index in [4.69, 9.17) is 9.47 Å². The molecule has 0 unspecified atom stereocenters. The second-order valence-electron chi connectivity index (χ2n) is 5.94. The van der Waals surface area contributed by atoms with Crippen molar-refractivity contribution in [1.82, 2.24) is 5.32 Å². The maximum Gasteiger partial charge on any atom is 0.220 e. The van der Waals surface area contributed by atoms with E-state index >= 15 is 0 Å². The van der Waals surface area contributed by atoms with Gasteiger partial charge >= 0.3 is 0 Å². The monoisotopic (exact) mass is 327 g/mol. The van der Waals surface area contributed by atoms with Crippen LogP contribution in [0.2, 0.25) is 0 Å². The predicted molar refractivity (Wildman–Crippen MR) is 95.4 cm³/mol. The zero-order valence-corrected chi connectivity index (χ0v) is 14.5. The van der Waals surface area contributed by atoms with Crippen LogP contribution in [0, 0.1) is 0 Å².